The molecule has 6 aromatic rings. The Morgan fingerprint density at radius 2 is 1.28 bits per heavy atom. The predicted octanol–water partition coefficient (Wildman–Crippen LogP) is 7.89. The van der Waals surface area contributed by atoms with Crippen molar-refractivity contribution in [1.29, 1.82) is 0 Å². The van der Waals surface area contributed by atoms with Gasteiger partial charge >= 0.3 is 19.8 Å². The van der Waals surface area contributed by atoms with Crippen molar-refractivity contribution in [3.63, 3.8) is 0 Å². The number of pyridine rings is 3. The quantitative estimate of drug-likeness (QED) is 0.134. The minimum absolute atomic E-state index is 0. The molecule has 50 heavy (non-hydrogen) atoms. The number of aryl methyl sites for hydroxylation is 4. The molecule has 0 aliphatic heterocycles. The van der Waals surface area contributed by atoms with Crippen LogP contribution in [-0.2, 0) is 24.6 Å². The number of benzene rings is 1. The van der Waals surface area contributed by atoms with Gasteiger partial charge in [0.25, 0.3) is 0 Å². The minimum Gasteiger partial charge on any atom is -0.497 e. The van der Waals surface area contributed by atoms with Gasteiger partial charge in [-0.3, -0.25) is 4.79 Å². The van der Waals surface area contributed by atoms with Gasteiger partial charge in [0.05, 0.1) is 23.8 Å². The van der Waals surface area contributed by atoms with Crippen molar-refractivity contribution in [2.24, 2.45) is 0 Å². The molecule has 1 radical (unpaired) electrons. The van der Waals surface area contributed by atoms with Gasteiger partial charge in [-0.05, 0) is 125 Å². The number of ether oxygens (including phenoxy) is 1. The number of hydrogen-bond acceptors (Lipinski definition) is 7. The van der Waals surface area contributed by atoms with Gasteiger partial charge in [0, 0.05) is 30.0 Å². The fourth-order valence-electron chi connectivity index (χ4n) is 4.73. The van der Waals surface area contributed by atoms with E-state index in [0.717, 1.165) is 51.4 Å². The summed E-state index contributed by atoms with van der Waals surface area (Å²) >= 11 is 3.11. The second-order valence-electron chi connectivity index (χ2n) is 11.6. The number of hydrogen-bond donors (Lipinski definition) is 1. The Morgan fingerprint density at radius 3 is 1.72 bits per heavy atom. The molecule has 10 nitrogen and oxygen atoms in total. The first-order valence-electron chi connectivity index (χ1n) is 15.7. The Hall–Kier alpha value is -4.52. The van der Waals surface area contributed by atoms with Crippen molar-refractivity contribution < 1.29 is 29.3 Å². The Labute approximate surface area is 315 Å². The number of carbonyl (C=O) groups excluding carboxylic acids is 1. The minimum atomic E-state index is -0.101. The second-order valence-corrected chi connectivity index (χ2v) is 12.1. The molecule has 0 saturated carbocycles. The smallest absolute Gasteiger partial charge is 0.497 e. The number of methoxy groups -OCH3 is 1. The fraction of sp³-hybridized carbons (Fsp3) is 0.263. The molecule has 1 N–H and O–H groups in total. The van der Waals surface area contributed by atoms with Crippen molar-refractivity contribution in [2.45, 2.75) is 55.4 Å². The number of halogens is 1. The maximum atomic E-state index is 11.3. The summed E-state index contributed by atoms with van der Waals surface area (Å²) in [6, 6.07) is 20.1. The monoisotopic (exact) mass is 913 g/mol. The first-order chi connectivity index (χ1) is 23.4. The van der Waals surface area contributed by atoms with Crippen molar-refractivity contribution in [2.75, 3.05) is 17.8 Å². The van der Waals surface area contributed by atoms with Gasteiger partial charge in [-0.1, -0.05) is 15.9 Å². The number of aromatic nitrogens is 7. The Bertz CT molecular complexity index is 1960. The van der Waals surface area contributed by atoms with Crippen molar-refractivity contribution in [3.8, 4) is 28.6 Å². The second kappa shape index (κ2) is 18.5. The molecule has 261 valence electrons. The van der Waals surface area contributed by atoms with Crippen molar-refractivity contribution >= 4 is 27.5 Å². The topological polar surface area (TPSA) is 113 Å². The Kier molecular flexibility index (Phi) is 14.7. The van der Waals surface area contributed by atoms with Crippen LogP contribution in [0.2, 0.25) is 0 Å². The van der Waals surface area contributed by atoms with Crippen LogP contribution in [0.25, 0.3) is 22.9 Å². The van der Waals surface area contributed by atoms with E-state index in [1.165, 1.54) is 22.3 Å². The Morgan fingerprint density at radius 1 is 0.760 bits per heavy atom. The summed E-state index contributed by atoms with van der Waals surface area (Å²) in [5.41, 5.74) is 11.6. The van der Waals surface area contributed by atoms with E-state index in [0.29, 0.717) is 5.69 Å². The van der Waals surface area contributed by atoms with Gasteiger partial charge < -0.3 is 15.0 Å². The van der Waals surface area contributed by atoms with Gasteiger partial charge in [-0.25, -0.2) is 19.3 Å². The molecule has 1 amide bonds. The zero-order valence-electron chi connectivity index (χ0n) is 29.8. The summed E-state index contributed by atoms with van der Waals surface area (Å²) in [4.78, 5) is 24.2. The first-order valence-corrected chi connectivity index (χ1v) is 16.8. The summed E-state index contributed by atoms with van der Waals surface area (Å²) in [5.74, 6) is 2.41. The zero-order valence-corrected chi connectivity index (χ0v) is 33.9. The van der Waals surface area contributed by atoms with E-state index >= 15 is 0 Å². The number of alkyl halides is 1. The maximum absolute atomic E-state index is 11.3. The standard InChI is InChI=1S/C14H12BrN2O2.2C12H15N3.Os/c1-19-12-5-6-16-13(8-12)10-3-2-4-11(7-10)17-14(18)9-15;2*1-8-5-6-13-12(7-8)15-11(4)9(2)10(3)14-15;/h2,4-8H,9H2,1H3,(H,17,18);2*5-7H,1-4H3;/q-1;;;+1. The SMILES string of the molecule is COc1ccnc(-c2[c-]ccc(NC(=O)CBr)c2)c1.Cc1ccnc(-n2nc(C)c(C)c2C)c1.Cc1ccnc(-n2nc(C)c(C)c2C)c1.[Os+]. The van der Waals surface area contributed by atoms with Crippen LogP contribution >= 0.6 is 15.9 Å². The molecule has 1 aromatic carbocycles. The summed E-state index contributed by atoms with van der Waals surface area (Å²) in [7, 11) is 1.61. The van der Waals surface area contributed by atoms with E-state index in [2.05, 4.69) is 94.0 Å². The number of anilines is 1. The number of rotatable bonds is 6. The van der Waals surface area contributed by atoms with E-state index in [4.69, 9.17) is 4.74 Å². The van der Waals surface area contributed by atoms with Crippen LogP contribution in [0.4, 0.5) is 5.69 Å². The summed E-state index contributed by atoms with van der Waals surface area (Å²) < 4.78 is 8.96. The molecular weight excluding hydrogens is 871 g/mol. The van der Waals surface area contributed by atoms with Gasteiger partial charge in [0.1, 0.15) is 5.75 Å². The maximum Gasteiger partial charge on any atom is 1.00 e. The third kappa shape index (κ3) is 10.3. The van der Waals surface area contributed by atoms with Crippen LogP contribution in [0.5, 0.6) is 5.75 Å². The zero-order chi connectivity index (χ0) is 35.7. The molecule has 12 heteroatoms. The van der Waals surface area contributed by atoms with Gasteiger partial charge in [-0.2, -0.15) is 10.2 Å². The van der Waals surface area contributed by atoms with Crippen LogP contribution < -0.4 is 10.1 Å². The molecule has 0 bridgehead atoms. The molecule has 0 aliphatic rings. The van der Waals surface area contributed by atoms with Crippen LogP contribution in [0, 0.1) is 61.5 Å². The molecule has 6 rings (SSSR count). The van der Waals surface area contributed by atoms with Crippen molar-refractivity contribution in [3.05, 3.63) is 124 Å². The van der Waals surface area contributed by atoms with Gasteiger partial charge in [0.15, 0.2) is 11.6 Å². The molecule has 0 atom stereocenters. The van der Waals surface area contributed by atoms with Crippen LogP contribution in [0.3, 0.4) is 0 Å². The largest absolute Gasteiger partial charge is 1.00 e. The van der Waals surface area contributed by atoms with Crippen LogP contribution in [0.15, 0.2) is 73.2 Å². The van der Waals surface area contributed by atoms with E-state index in [1.807, 2.05) is 72.0 Å². The molecule has 0 spiro atoms. The number of nitrogens with zero attached hydrogens (tertiary/aromatic N) is 7. The predicted molar refractivity (Wildman–Crippen MR) is 198 cm³/mol. The van der Waals surface area contributed by atoms with Crippen LogP contribution in [-0.4, -0.2) is 52.9 Å². The normalized spacial score (nSPS) is 10.2. The van der Waals surface area contributed by atoms with Crippen molar-refractivity contribution in [1.82, 2.24) is 34.5 Å². The van der Waals surface area contributed by atoms with E-state index in [9.17, 15) is 4.79 Å². The molecule has 0 unspecified atom stereocenters. The molecule has 0 saturated heterocycles. The number of carbonyl (C=O) groups is 1. The third-order valence-corrected chi connectivity index (χ3v) is 8.50. The molecular formula is C38H42BrN8O2Os. The van der Waals surface area contributed by atoms with E-state index in [1.54, 1.807) is 31.5 Å². The third-order valence-electron chi connectivity index (χ3n) is 7.99. The summed E-state index contributed by atoms with van der Waals surface area (Å²) in [6.45, 7) is 16.5. The van der Waals surface area contributed by atoms with Gasteiger partial charge in [-0.15, -0.1) is 29.8 Å². The Balaban J connectivity index is 0.000000203. The van der Waals surface area contributed by atoms with E-state index in [-0.39, 0.29) is 31.0 Å². The average Bonchev–Trinajstić information content (AvgIpc) is 3.52. The first kappa shape index (κ1) is 39.9. The molecule has 0 fully saturated rings. The summed E-state index contributed by atoms with van der Waals surface area (Å²) in [6.07, 6.45) is 5.30. The molecule has 5 heterocycles. The molecule has 5 aromatic heterocycles. The molecule has 0 aliphatic carbocycles. The van der Waals surface area contributed by atoms with Gasteiger partial charge in [0.2, 0.25) is 5.91 Å². The average molecular weight is 913 g/mol. The number of amides is 1. The number of nitrogens with one attached hydrogen (secondary N) is 1. The van der Waals surface area contributed by atoms with E-state index < -0.39 is 0 Å². The summed E-state index contributed by atoms with van der Waals surface area (Å²) in [5, 5.41) is 12.0. The fourth-order valence-corrected chi connectivity index (χ4v) is 4.87. The van der Waals surface area contributed by atoms with Crippen LogP contribution in [0.1, 0.15) is 45.0 Å².